The molecule has 0 spiro atoms. The number of aryl methyl sites for hydroxylation is 1. The van der Waals surface area contributed by atoms with Gasteiger partial charge in [0.2, 0.25) is 0 Å². The molecule has 1 heterocycles. The van der Waals surface area contributed by atoms with E-state index in [4.69, 9.17) is 0 Å². The Balaban J connectivity index is 1.43. The van der Waals surface area contributed by atoms with E-state index >= 15 is 0 Å². The van der Waals surface area contributed by atoms with Crippen molar-refractivity contribution in [2.24, 2.45) is 4.99 Å². The molecule has 1 unspecified atom stereocenters. The molecule has 0 saturated carbocycles. The van der Waals surface area contributed by atoms with Crippen molar-refractivity contribution in [2.45, 2.75) is 38.9 Å². The monoisotopic (exact) mass is 375 g/mol. The van der Waals surface area contributed by atoms with Gasteiger partial charge >= 0.3 is 0 Å². The molecule has 2 aromatic carbocycles. The summed E-state index contributed by atoms with van der Waals surface area (Å²) < 4.78 is 1.96. The summed E-state index contributed by atoms with van der Waals surface area (Å²) >= 11 is 0. The zero-order valence-electron chi connectivity index (χ0n) is 16.7. The van der Waals surface area contributed by atoms with Crippen LogP contribution < -0.4 is 10.6 Å². The maximum atomic E-state index is 4.46. The first-order valence-corrected chi connectivity index (χ1v) is 9.79. The van der Waals surface area contributed by atoms with E-state index in [2.05, 4.69) is 88.4 Å². The first-order valence-electron chi connectivity index (χ1n) is 9.79. The summed E-state index contributed by atoms with van der Waals surface area (Å²) in [4.78, 5) is 4.34. The summed E-state index contributed by atoms with van der Waals surface area (Å²) in [5.74, 6) is 0.816. The van der Waals surface area contributed by atoms with Gasteiger partial charge in [-0.1, -0.05) is 60.7 Å². The Hall–Kier alpha value is -3.08. The van der Waals surface area contributed by atoms with Crippen molar-refractivity contribution >= 4 is 5.96 Å². The lowest BCUT2D eigenvalue weighted by Gasteiger charge is -2.17. The van der Waals surface area contributed by atoms with Gasteiger partial charge in [0.05, 0.1) is 12.7 Å². The number of aliphatic imine (C=N–C) groups is 1. The number of benzene rings is 2. The Morgan fingerprint density at radius 2 is 1.68 bits per heavy atom. The van der Waals surface area contributed by atoms with Crippen LogP contribution in [-0.2, 0) is 19.5 Å². The van der Waals surface area contributed by atoms with Crippen LogP contribution in [0, 0.1) is 0 Å². The third kappa shape index (κ3) is 6.27. The van der Waals surface area contributed by atoms with E-state index in [1.54, 1.807) is 7.05 Å². The fraction of sp³-hybridized carbons (Fsp3) is 0.304. The third-order valence-electron chi connectivity index (χ3n) is 4.65. The Morgan fingerprint density at radius 3 is 2.36 bits per heavy atom. The predicted molar refractivity (Wildman–Crippen MR) is 115 cm³/mol. The molecule has 1 aromatic heterocycles. The lowest BCUT2D eigenvalue weighted by atomic mass is 10.1. The molecule has 2 N–H and O–H groups in total. The van der Waals surface area contributed by atoms with Crippen LogP contribution in [0.2, 0.25) is 0 Å². The lowest BCUT2D eigenvalue weighted by molar-refractivity contribution is 0.593. The van der Waals surface area contributed by atoms with E-state index in [0.717, 1.165) is 30.9 Å². The summed E-state index contributed by atoms with van der Waals surface area (Å²) in [6, 6.07) is 21.3. The molecule has 0 fully saturated rings. The molecule has 28 heavy (non-hydrogen) atoms. The minimum absolute atomic E-state index is 0.340. The minimum atomic E-state index is 0.340. The van der Waals surface area contributed by atoms with Crippen molar-refractivity contribution < 1.29 is 0 Å². The molecule has 5 nitrogen and oxygen atoms in total. The van der Waals surface area contributed by atoms with Gasteiger partial charge in [-0.15, -0.1) is 0 Å². The van der Waals surface area contributed by atoms with Crippen molar-refractivity contribution in [3.63, 3.8) is 0 Å². The van der Waals surface area contributed by atoms with E-state index in [-0.39, 0.29) is 0 Å². The number of guanidine groups is 1. The number of hydrogen-bond donors (Lipinski definition) is 2. The van der Waals surface area contributed by atoms with Crippen LogP contribution in [0.4, 0.5) is 0 Å². The fourth-order valence-electron chi connectivity index (χ4n) is 3.07. The van der Waals surface area contributed by atoms with Crippen LogP contribution in [-0.4, -0.2) is 28.8 Å². The number of aromatic nitrogens is 2. The maximum absolute atomic E-state index is 4.46. The summed E-state index contributed by atoms with van der Waals surface area (Å²) in [6.45, 7) is 3.66. The molecule has 0 bridgehead atoms. The molecule has 5 heteroatoms. The average Bonchev–Trinajstić information content (AvgIpc) is 3.18. The topological polar surface area (TPSA) is 54.2 Å². The van der Waals surface area contributed by atoms with E-state index < -0.39 is 0 Å². The summed E-state index contributed by atoms with van der Waals surface area (Å²) in [5, 5.41) is 11.3. The van der Waals surface area contributed by atoms with Crippen LogP contribution >= 0.6 is 0 Å². The Labute approximate surface area is 167 Å². The van der Waals surface area contributed by atoms with E-state index in [1.807, 2.05) is 16.9 Å². The average molecular weight is 376 g/mol. The van der Waals surface area contributed by atoms with E-state index in [0.29, 0.717) is 12.6 Å². The lowest BCUT2D eigenvalue weighted by Crippen LogP contribution is -2.42. The molecule has 1 atom stereocenters. The highest BCUT2D eigenvalue weighted by Gasteiger charge is 2.07. The molecule has 0 aliphatic carbocycles. The Kier molecular flexibility index (Phi) is 7.24. The van der Waals surface area contributed by atoms with E-state index in [1.165, 1.54) is 11.1 Å². The maximum Gasteiger partial charge on any atom is 0.191 e. The van der Waals surface area contributed by atoms with Gasteiger partial charge in [0.15, 0.2) is 5.96 Å². The normalized spacial score (nSPS) is 12.6. The van der Waals surface area contributed by atoms with Crippen LogP contribution in [0.3, 0.4) is 0 Å². The Morgan fingerprint density at radius 1 is 1.00 bits per heavy atom. The van der Waals surface area contributed by atoms with Crippen molar-refractivity contribution in [3.8, 4) is 0 Å². The smallest absolute Gasteiger partial charge is 0.191 e. The van der Waals surface area contributed by atoms with Crippen molar-refractivity contribution in [1.82, 2.24) is 20.4 Å². The quantitative estimate of drug-likeness (QED) is 0.467. The molecule has 3 aromatic rings. The number of nitrogens with zero attached hydrogens (tertiary/aromatic N) is 3. The van der Waals surface area contributed by atoms with Crippen molar-refractivity contribution in [1.29, 1.82) is 0 Å². The molecule has 0 aliphatic rings. The molecular weight excluding hydrogens is 346 g/mol. The van der Waals surface area contributed by atoms with Crippen LogP contribution in [0.5, 0.6) is 0 Å². The third-order valence-corrected chi connectivity index (χ3v) is 4.65. The van der Waals surface area contributed by atoms with Crippen LogP contribution in [0.25, 0.3) is 0 Å². The van der Waals surface area contributed by atoms with Crippen LogP contribution in [0.1, 0.15) is 30.0 Å². The zero-order chi connectivity index (χ0) is 19.6. The molecular formula is C23H29N5. The van der Waals surface area contributed by atoms with Gasteiger partial charge in [-0.2, -0.15) is 5.10 Å². The first kappa shape index (κ1) is 19.7. The molecule has 0 radical (unpaired) electrons. The fourth-order valence-corrected chi connectivity index (χ4v) is 3.07. The largest absolute Gasteiger partial charge is 0.354 e. The summed E-state index contributed by atoms with van der Waals surface area (Å²) in [5.41, 5.74) is 3.75. The zero-order valence-corrected chi connectivity index (χ0v) is 16.7. The minimum Gasteiger partial charge on any atom is -0.354 e. The summed E-state index contributed by atoms with van der Waals surface area (Å²) in [7, 11) is 1.80. The number of rotatable bonds is 8. The highest BCUT2D eigenvalue weighted by Crippen LogP contribution is 2.06. The predicted octanol–water partition coefficient (Wildman–Crippen LogP) is 3.62. The van der Waals surface area contributed by atoms with E-state index in [9.17, 15) is 0 Å². The van der Waals surface area contributed by atoms with Gasteiger partial charge in [-0.3, -0.25) is 9.67 Å². The van der Waals surface area contributed by atoms with Gasteiger partial charge in [-0.05, 0) is 30.9 Å². The molecule has 0 aliphatic heterocycles. The second-order valence-corrected chi connectivity index (χ2v) is 7.03. The van der Waals surface area contributed by atoms with Crippen LogP contribution in [0.15, 0.2) is 78.0 Å². The van der Waals surface area contributed by atoms with Crippen molar-refractivity contribution in [3.05, 3.63) is 89.7 Å². The van der Waals surface area contributed by atoms with Gasteiger partial charge in [0, 0.05) is 31.4 Å². The molecule has 0 amide bonds. The first-order chi connectivity index (χ1) is 13.7. The number of nitrogens with one attached hydrogen (secondary N) is 2. The standard InChI is InChI=1S/C23H29N5/c1-19(13-14-20-9-5-3-6-10-20)27-23(24-2)25-15-22-16-26-28(18-22)17-21-11-7-4-8-12-21/h3-12,16,18-19H,13-15,17H2,1-2H3,(H2,24,25,27). The number of hydrogen-bond acceptors (Lipinski definition) is 2. The Bertz CT molecular complexity index is 855. The van der Waals surface area contributed by atoms with Gasteiger partial charge < -0.3 is 10.6 Å². The SMILES string of the molecule is CN=C(NCc1cnn(Cc2ccccc2)c1)NC(C)CCc1ccccc1. The molecule has 0 saturated heterocycles. The molecule has 146 valence electrons. The van der Waals surface area contributed by atoms with Gasteiger partial charge in [-0.25, -0.2) is 0 Å². The highest BCUT2D eigenvalue weighted by atomic mass is 15.3. The summed E-state index contributed by atoms with van der Waals surface area (Å²) in [6.07, 6.45) is 6.09. The van der Waals surface area contributed by atoms with Gasteiger partial charge in [0.1, 0.15) is 0 Å². The second kappa shape index (κ2) is 10.3. The highest BCUT2D eigenvalue weighted by molar-refractivity contribution is 5.79. The van der Waals surface area contributed by atoms with Gasteiger partial charge in [0.25, 0.3) is 0 Å². The van der Waals surface area contributed by atoms with Crippen molar-refractivity contribution in [2.75, 3.05) is 7.05 Å². The second-order valence-electron chi connectivity index (χ2n) is 7.03. The molecule has 3 rings (SSSR count).